The van der Waals surface area contributed by atoms with E-state index in [0.717, 1.165) is 67.2 Å². The standard InChI is InChI=1S/C23H24N6O/c1-2-18(19-7-11-25-20(19)3-1)21-16-22(29-12-14-30-15-13-29)28-23(27-21)26-10-6-17-4-8-24-9-5-17/h1-5,7-9,11,16,25H,6,10,12-15H2,(H,26,27,28). The van der Waals surface area contributed by atoms with Gasteiger partial charge < -0.3 is 19.9 Å². The van der Waals surface area contributed by atoms with Gasteiger partial charge in [-0.05, 0) is 36.2 Å². The number of benzene rings is 1. The van der Waals surface area contributed by atoms with E-state index in [4.69, 9.17) is 14.7 Å². The van der Waals surface area contributed by atoms with Gasteiger partial charge in [0.25, 0.3) is 0 Å². The molecule has 4 aromatic rings. The van der Waals surface area contributed by atoms with Gasteiger partial charge in [0.05, 0.1) is 18.9 Å². The average Bonchev–Trinajstić information content (AvgIpc) is 3.29. The van der Waals surface area contributed by atoms with Gasteiger partial charge in [-0.15, -0.1) is 0 Å². The number of hydrogen-bond donors (Lipinski definition) is 2. The fourth-order valence-corrected chi connectivity index (χ4v) is 3.78. The third kappa shape index (κ3) is 3.97. The third-order valence-electron chi connectivity index (χ3n) is 5.36. The highest BCUT2D eigenvalue weighted by atomic mass is 16.5. The molecule has 1 fully saturated rings. The molecule has 3 aromatic heterocycles. The van der Waals surface area contributed by atoms with Crippen LogP contribution in [0.3, 0.4) is 0 Å². The van der Waals surface area contributed by atoms with Crippen LogP contribution in [0.5, 0.6) is 0 Å². The molecular weight excluding hydrogens is 376 g/mol. The Labute approximate surface area is 175 Å². The van der Waals surface area contributed by atoms with Crippen molar-refractivity contribution in [2.75, 3.05) is 43.1 Å². The molecular formula is C23H24N6O. The summed E-state index contributed by atoms with van der Waals surface area (Å²) < 4.78 is 5.52. The van der Waals surface area contributed by atoms with E-state index in [1.165, 1.54) is 5.56 Å². The largest absolute Gasteiger partial charge is 0.378 e. The van der Waals surface area contributed by atoms with Crippen molar-refractivity contribution in [3.8, 4) is 11.3 Å². The minimum atomic E-state index is 0.649. The highest BCUT2D eigenvalue weighted by molar-refractivity contribution is 5.94. The monoisotopic (exact) mass is 400 g/mol. The topological polar surface area (TPSA) is 79.0 Å². The molecule has 0 unspecified atom stereocenters. The zero-order chi connectivity index (χ0) is 20.2. The Balaban J connectivity index is 1.46. The second-order valence-electron chi connectivity index (χ2n) is 7.31. The second-order valence-corrected chi connectivity index (χ2v) is 7.31. The number of rotatable bonds is 6. The van der Waals surface area contributed by atoms with Gasteiger partial charge in [-0.3, -0.25) is 4.98 Å². The zero-order valence-electron chi connectivity index (χ0n) is 16.7. The lowest BCUT2D eigenvalue weighted by molar-refractivity contribution is 0.122. The second kappa shape index (κ2) is 8.51. The fraction of sp³-hybridized carbons (Fsp3) is 0.261. The van der Waals surface area contributed by atoms with E-state index in [-0.39, 0.29) is 0 Å². The summed E-state index contributed by atoms with van der Waals surface area (Å²) >= 11 is 0. The smallest absolute Gasteiger partial charge is 0.225 e. The zero-order valence-corrected chi connectivity index (χ0v) is 16.7. The molecule has 1 aliphatic rings. The van der Waals surface area contributed by atoms with Crippen LogP contribution in [-0.4, -0.2) is 52.8 Å². The average molecular weight is 400 g/mol. The number of H-pyrrole nitrogens is 1. The maximum Gasteiger partial charge on any atom is 0.225 e. The predicted molar refractivity (Wildman–Crippen MR) is 119 cm³/mol. The van der Waals surface area contributed by atoms with Crippen LogP contribution in [0.4, 0.5) is 11.8 Å². The van der Waals surface area contributed by atoms with Crippen LogP contribution < -0.4 is 10.2 Å². The molecule has 30 heavy (non-hydrogen) atoms. The maximum atomic E-state index is 5.52. The Morgan fingerprint density at radius 2 is 1.90 bits per heavy atom. The molecule has 1 aromatic carbocycles. The highest BCUT2D eigenvalue weighted by Gasteiger charge is 2.16. The third-order valence-corrected chi connectivity index (χ3v) is 5.36. The number of ether oxygens (including phenoxy) is 1. The van der Waals surface area contributed by atoms with Gasteiger partial charge in [0.15, 0.2) is 0 Å². The Hall–Kier alpha value is -3.45. The highest BCUT2D eigenvalue weighted by Crippen LogP contribution is 2.30. The van der Waals surface area contributed by atoms with Crippen molar-refractivity contribution in [1.29, 1.82) is 0 Å². The quantitative estimate of drug-likeness (QED) is 0.516. The van der Waals surface area contributed by atoms with Gasteiger partial charge in [0.2, 0.25) is 5.95 Å². The van der Waals surface area contributed by atoms with Gasteiger partial charge in [-0.25, -0.2) is 4.98 Å². The molecule has 0 atom stereocenters. The van der Waals surface area contributed by atoms with Crippen LogP contribution in [0, 0.1) is 0 Å². The number of hydrogen-bond acceptors (Lipinski definition) is 6. The molecule has 0 bridgehead atoms. The molecule has 0 saturated carbocycles. The first kappa shape index (κ1) is 18.6. The van der Waals surface area contributed by atoms with Crippen LogP contribution in [-0.2, 0) is 11.2 Å². The minimum absolute atomic E-state index is 0.649. The number of nitrogens with one attached hydrogen (secondary N) is 2. The Kier molecular flexibility index (Phi) is 5.26. The molecule has 0 radical (unpaired) electrons. The van der Waals surface area contributed by atoms with Gasteiger partial charge in [-0.2, -0.15) is 4.98 Å². The molecule has 1 aliphatic heterocycles. The number of morpholine rings is 1. The summed E-state index contributed by atoms with van der Waals surface area (Å²) in [5, 5.41) is 4.58. The molecule has 2 N–H and O–H groups in total. The number of nitrogens with zero attached hydrogens (tertiary/aromatic N) is 4. The molecule has 0 amide bonds. The van der Waals surface area contributed by atoms with Crippen molar-refractivity contribution in [3.63, 3.8) is 0 Å². The van der Waals surface area contributed by atoms with Crippen molar-refractivity contribution >= 4 is 22.7 Å². The summed E-state index contributed by atoms with van der Waals surface area (Å²) in [6, 6.07) is 14.5. The van der Waals surface area contributed by atoms with Gasteiger partial charge in [0, 0.05) is 60.8 Å². The summed E-state index contributed by atoms with van der Waals surface area (Å²) in [5.74, 6) is 1.58. The number of pyridine rings is 1. The molecule has 5 rings (SSSR count). The Morgan fingerprint density at radius 3 is 2.77 bits per heavy atom. The van der Waals surface area contributed by atoms with E-state index in [1.54, 1.807) is 0 Å². The molecule has 7 heteroatoms. The van der Waals surface area contributed by atoms with Crippen LogP contribution >= 0.6 is 0 Å². The Morgan fingerprint density at radius 1 is 1.03 bits per heavy atom. The molecule has 1 saturated heterocycles. The van der Waals surface area contributed by atoms with Crippen LogP contribution in [0.25, 0.3) is 22.2 Å². The first-order valence-electron chi connectivity index (χ1n) is 10.3. The summed E-state index contributed by atoms with van der Waals surface area (Å²) in [6.45, 7) is 3.86. The maximum absolute atomic E-state index is 5.52. The number of aromatic amines is 1. The molecule has 0 spiro atoms. The first-order chi connectivity index (χ1) is 14.9. The number of aromatic nitrogens is 4. The summed E-state index contributed by atoms with van der Waals surface area (Å²) in [7, 11) is 0. The molecule has 4 heterocycles. The lowest BCUT2D eigenvalue weighted by Gasteiger charge is -2.28. The molecule has 152 valence electrons. The van der Waals surface area contributed by atoms with Gasteiger partial charge in [0.1, 0.15) is 5.82 Å². The minimum Gasteiger partial charge on any atom is -0.378 e. The van der Waals surface area contributed by atoms with Crippen LogP contribution in [0.1, 0.15) is 5.56 Å². The van der Waals surface area contributed by atoms with E-state index in [9.17, 15) is 0 Å². The normalized spacial score (nSPS) is 14.2. The van der Waals surface area contributed by atoms with E-state index >= 15 is 0 Å². The van der Waals surface area contributed by atoms with Gasteiger partial charge in [-0.1, -0.05) is 12.1 Å². The lowest BCUT2D eigenvalue weighted by atomic mass is 10.1. The summed E-state index contributed by atoms with van der Waals surface area (Å²) in [4.78, 5) is 19.3. The predicted octanol–water partition coefficient (Wildman–Crippen LogP) is 3.51. The van der Waals surface area contributed by atoms with Crippen molar-refractivity contribution in [1.82, 2.24) is 19.9 Å². The molecule has 7 nitrogen and oxygen atoms in total. The van der Waals surface area contributed by atoms with E-state index in [1.807, 2.05) is 30.7 Å². The van der Waals surface area contributed by atoms with Crippen molar-refractivity contribution in [2.24, 2.45) is 0 Å². The summed E-state index contributed by atoms with van der Waals surface area (Å²) in [6.07, 6.45) is 6.49. The number of fused-ring (bicyclic) bond motifs is 1. The van der Waals surface area contributed by atoms with Crippen molar-refractivity contribution in [2.45, 2.75) is 6.42 Å². The number of anilines is 2. The first-order valence-corrected chi connectivity index (χ1v) is 10.3. The van der Waals surface area contributed by atoms with Crippen molar-refractivity contribution < 1.29 is 4.74 Å². The van der Waals surface area contributed by atoms with E-state index < -0.39 is 0 Å². The van der Waals surface area contributed by atoms with E-state index in [2.05, 4.69) is 50.5 Å². The van der Waals surface area contributed by atoms with Gasteiger partial charge >= 0.3 is 0 Å². The summed E-state index contributed by atoms with van der Waals surface area (Å²) in [5.41, 5.74) is 4.36. The lowest BCUT2D eigenvalue weighted by Crippen LogP contribution is -2.37. The fourth-order valence-electron chi connectivity index (χ4n) is 3.78. The Bertz CT molecular complexity index is 1120. The van der Waals surface area contributed by atoms with Crippen LogP contribution in [0.2, 0.25) is 0 Å². The molecule has 0 aliphatic carbocycles. The SMILES string of the molecule is c1cc(-c2cc(N3CCOCC3)nc(NCCc3ccncc3)n2)c2cc[nH]c2c1. The van der Waals surface area contributed by atoms with Crippen LogP contribution in [0.15, 0.2) is 61.1 Å². The van der Waals surface area contributed by atoms with Crippen molar-refractivity contribution in [3.05, 3.63) is 66.6 Å². The van der Waals surface area contributed by atoms with E-state index in [0.29, 0.717) is 5.95 Å².